The molecule has 26 heavy (non-hydrogen) atoms. The van der Waals surface area contributed by atoms with Crippen molar-refractivity contribution in [3.8, 4) is 0 Å². The molecule has 0 radical (unpaired) electrons. The summed E-state index contributed by atoms with van der Waals surface area (Å²) in [6.07, 6.45) is 6.39. The minimum absolute atomic E-state index is 0.157. The van der Waals surface area contributed by atoms with E-state index in [0.717, 1.165) is 56.1 Å². The molecule has 138 valence electrons. The molecular weight excluding hydrogens is 327 g/mol. The lowest BCUT2D eigenvalue weighted by atomic mass is 9.96. The van der Waals surface area contributed by atoms with Gasteiger partial charge in [-0.05, 0) is 49.9 Å². The van der Waals surface area contributed by atoms with E-state index in [2.05, 4.69) is 33.1 Å². The SMILES string of the molecule is CCCNc1ccnc(N2CC[C@@H]3[C@H]2CCCN3c2cccc(F)c2)c1. The van der Waals surface area contributed by atoms with Gasteiger partial charge < -0.3 is 15.1 Å². The van der Waals surface area contributed by atoms with Gasteiger partial charge in [0, 0.05) is 43.3 Å². The van der Waals surface area contributed by atoms with Crippen molar-refractivity contribution in [3.05, 3.63) is 48.4 Å². The third kappa shape index (κ3) is 3.35. The number of fused-ring (bicyclic) bond motifs is 1. The van der Waals surface area contributed by atoms with Crippen LogP contribution < -0.4 is 15.1 Å². The fourth-order valence-corrected chi connectivity index (χ4v) is 4.40. The van der Waals surface area contributed by atoms with E-state index in [1.807, 2.05) is 24.4 Å². The molecule has 0 saturated carbocycles. The summed E-state index contributed by atoms with van der Waals surface area (Å²) in [6, 6.07) is 12.1. The van der Waals surface area contributed by atoms with Gasteiger partial charge in [-0.15, -0.1) is 0 Å². The van der Waals surface area contributed by atoms with Gasteiger partial charge in [0.05, 0.1) is 12.1 Å². The number of hydrogen-bond acceptors (Lipinski definition) is 4. The van der Waals surface area contributed by atoms with Crippen molar-refractivity contribution < 1.29 is 4.39 Å². The Bertz CT molecular complexity index is 750. The zero-order chi connectivity index (χ0) is 17.9. The van der Waals surface area contributed by atoms with Crippen LogP contribution in [0.15, 0.2) is 42.6 Å². The first-order valence-electron chi connectivity index (χ1n) is 9.75. The van der Waals surface area contributed by atoms with Crippen LogP contribution in [0.2, 0.25) is 0 Å². The van der Waals surface area contributed by atoms with Gasteiger partial charge in [-0.3, -0.25) is 0 Å². The van der Waals surface area contributed by atoms with Gasteiger partial charge in [0.25, 0.3) is 0 Å². The van der Waals surface area contributed by atoms with E-state index >= 15 is 0 Å². The van der Waals surface area contributed by atoms with Gasteiger partial charge in [-0.25, -0.2) is 9.37 Å². The Morgan fingerprint density at radius 2 is 2.00 bits per heavy atom. The molecule has 1 aromatic heterocycles. The predicted octanol–water partition coefficient (Wildman–Crippen LogP) is 4.29. The molecule has 0 unspecified atom stereocenters. The smallest absolute Gasteiger partial charge is 0.130 e. The molecule has 3 heterocycles. The van der Waals surface area contributed by atoms with Crippen LogP contribution in [0, 0.1) is 5.82 Å². The maximum atomic E-state index is 13.7. The Hall–Kier alpha value is -2.30. The van der Waals surface area contributed by atoms with Gasteiger partial charge >= 0.3 is 0 Å². The number of nitrogens with zero attached hydrogens (tertiary/aromatic N) is 3. The monoisotopic (exact) mass is 354 g/mol. The Labute approximate surface area is 155 Å². The van der Waals surface area contributed by atoms with Crippen molar-refractivity contribution in [1.29, 1.82) is 0 Å². The summed E-state index contributed by atoms with van der Waals surface area (Å²) in [6.45, 7) is 5.15. The van der Waals surface area contributed by atoms with Crippen molar-refractivity contribution >= 4 is 17.2 Å². The van der Waals surface area contributed by atoms with Gasteiger partial charge in [0.15, 0.2) is 0 Å². The molecule has 2 aliphatic rings. The highest BCUT2D eigenvalue weighted by Crippen LogP contribution is 2.36. The van der Waals surface area contributed by atoms with Gasteiger partial charge in [-0.1, -0.05) is 13.0 Å². The number of rotatable bonds is 5. The molecule has 2 aromatic rings. The zero-order valence-corrected chi connectivity index (χ0v) is 15.4. The lowest BCUT2D eigenvalue weighted by molar-refractivity contribution is 0.432. The predicted molar refractivity (Wildman–Crippen MR) is 106 cm³/mol. The standard InChI is InChI=1S/C21H27FN4/c1-2-10-23-17-8-11-24-21(15-17)26-13-9-20-19(26)7-4-12-25(20)18-6-3-5-16(22)14-18/h3,5-6,8,11,14-15,19-20H,2,4,7,9-10,12-13H2,1H3,(H,23,24)/t19-,20-/m1/s1. The highest BCUT2D eigenvalue weighted by atomic mass is 19.1. The third-order valence-electron chi connectivity index (χ3n) is 5.57. The van der Waals surface area contributed by atoms with E-state index in [1.54, 1.807) is 6.07 Å². The average molecular weight is 354 g/mol. The maximum Gasteiger partial charge on any atom is 0.130 e. The molecule has 2 saturated heterocycles. The maximum absolute atomic E-state index is 13.7. The fraction of sp³-hybridized carbons (Fsp3) is 0.476. The van der Waals surface area contributed by atoms with Crippen molar-refractivity contribution in [2.24, 2.45) is 0 Å². The molecule has 0 amide bonds. The van der Waals surface area contributed by atoms with Crippen molar-refractivity contribution in [3.63, 3.8) is 0 Å². The van der Waals surface area contributed by atoms with Crippen LogP contribution in [-0.4, -0.2) is 36.7 Å². The summed E-state index contributed by atoms with van der Waals surface area (Å²) in [5, 5.41) is 3.45. The fourth-order valence-electron chi connectivity index (χ4n) is 4.40. The topological polar surface area (TPSA) is 31.4 Å². The first kappa shape index (κ1) is 17.1. The summed E-state index contributed by atoms with van der Waals surface area (Å²) in [5.41, 5.74) is 2.14. The minimum Gasteiger partial charge on any atom is -0.385 e. The first-order valence-corrected chi connectivity index (χ1v) is 9.75. The normalized spacial score (nSPS) is 22.4. The lowest BCUT2D eigenvalue weighted by Crippen LogP contribution is -2.50. The molecule has 1 aromatic carbocycles. The Balaban J connectivity index is 1.55. The van der Waals surface area contributed by atoms with Gasteiger partial charge in [0.1, 0.15) is 11.6 Å². The lowest BCUT2D eigenvalue weighted by Gasteiger charge is -2.41. The van der Waals surface area contributed by atoms with Crippen LogP contribution in [0.5, 0.6) is 0 Å². The number of benzene rings is 1. The highest BCUT2D eigenvalue weighted by molar-refractivity contribution is 5.56. The Morgan fingerprint density at radius 3 is 2.85 bits per heavy atom. The van der Waals surface area contributed by atoms with E-state index in [9.17, 15) is 4.39 Å². The molecule has 2 aliphatic heterocycles. The second-order valence-electron chi connectivity index (χ2n) is 7.26. The number of nitrogens with one attached hydrogen (secondary N) is 1. The molecular formula is C21H27FN4. The summed E-state index contributed by atoms with van der Waals surface area (Å²) in [4.78, 5) is 9.49. The van der Waals surface area contributed by atoms with E-state index in [0.29, 0.717) is 12.1 Å². The van der Waals surface area contributed by atoms with Crippen LogP contribution in [0.1, 0.15) is 32.6 Å². The summed E-state index contributed by atoms with van der Waals surface area (Å²) >= 11 is 0. The Morgan fingerprint density at radius 1 is 1.12 bits per heavy atom. The largest absolute Gasteiger partial charge is 0.385 e. The molecule has 2 fully saturated rings. The number of pyridine rings is 1. The highest BCUT2D eigenvalue weighted by Gasteiger charge is 2.40. The molecule has 0 spiro atoms. The number of hydrogen-bond donors (Lipinski definition) is 1. The summed E-state index contributed by atoms with van der Waals surface area (Å²) in [5.74, 6) is 0.899. The van der Waals surface area contributed by atoms with Crippen molar-refractivity contribution in [2.45, 2.75) is 44.7 Å². The quantitative estimate of drug-likeness (QED) is 0.868. The van der Waals surface area contributed by atoms with E-state index in [4.69, 9.17) is 0 Å². The second kappa shape index (κ2) is 7.52. The Kier molecular flexibility index (Phi) is 4.96. The summed E-state index contributed by atoms with van der Waals surface area (Å²) < 4.78 is 13.7. The van der Waals surface area contributed by atoms with Gasteiger partial charge in [0.2, 0.25) is 0 Å². The third-order valence-corrected chi connectivity index (χ3v) is 5.57. The molecule has 4 nitrogen and oxygen atoms in total. The molecule has 0 aliphatic carbocycles. The molecule has 4 rings (SSSR count). The van der Waals surface area contributed by atoms with E-state index in [1.165, 1.54) is 12.5 Å². The van der Waals surface area contributed by atoms with E-state index < -0.39 is 0 Å². The summed E-state index contributed by atoms with van der Waals surface area (Å²) in [7, 11) is 0. The van der Waals surface area contributed by atoms with E-state index in [-0.39, 0.29) is 5.82 Å². The van der Waals surface area contributed by atoms with Crippen LogP contribution in [0.3, 0.4) is 0 Å². The molecule has 5 heteroatoms. The zero-order valence-electron chi connectivity index (χ0n) is 15.4. The van der Waals surface area contributed by atoms with Gasteiger partial charge in [-0.2, -0.15) is 0 Å². The number of anilines is 3. The molecule has 2 atom stereocenters. The second-order valence-corrected chi connectivity index (χ2v) is 7.26. The first-order chi connectivity index (χ1) is 12.8. The average Bonchev–Trinajstić information content (AvgIpc) is 3.11. The number of piperidine rings is 1. The van der Waals surface area contributed by atoms with Crippen LogP contribution in [-0.2, 0) is 0 Å². The molecule has 0 bridgehead atoms. The minimum atomic E-state index is -0.157. The molecule has 1 N–H and O–H groups in total. The van der Waals surface area contributed by atoms with Crippen molar-refractivity contribution in [2.75, 3.05) is 34.8 Å². The number of aromatic nitrogens is 1. The van der Waals surface area contributed by atoms with Crippen molar-refractivity contribution in [1.82, 2.24) is 4.98 Å². The van der Waals surface area contributed by atoms with Crippen LogP contribution >= 0.6 is 0 Å². The van der Waals surface area contributed by atoms with Crippen LogP contribution in [0.4, 0.5) is 21.6 Å². The number of halogens is 1. The van der Waals surface area contributed by atoms with Crippen LogP contribution in [0.25, 0.3) is 0 Å².